The number of nitrogens with two attached hydrogens (primary N) is 1. The van der Waals surface area contributed by atoms with Crippen molar-refractivity contribution >= 4 is 11.6 Å². The lowest BCUT2D eigenvalue weighted by atomic mass is 9.97. The average molecular weight is 274 g/mol. The van der Waals surface area contributed by atoms with Crippen molar-refractivity contribution < 1.29 is 13.2 Å². The Bertz CT molecular complexity index is 473. The molecule has 0 bridgehead atoms. The van der Waals surface area contributed by atoms with Gasteiger partial charge in [-0.3, -0.25) is 0 Å². The number of halogens is 3. The maximum absolute atomic E-state index is 12.8. The van der Waals surface area contributed by atoms with Gasteiger partial charge < -0.3 is 10.6 Å². The predicted molar refractivity (Wildman–Crippen MR) is 66.9 cm³/mol. The summed E-state index contributed by atoms with van der Waals surface area (Å²) in [6, 6.07) is 0. The van der Waals surface area contributed by atoms with Gasteiger partial charge in [0.25, 0.3) is 0 Å². The van der Waals surface area contributed by atoms with Crippen LogP contribution in [0, 0.1) is 19.8 Å². The monoisotopic (exact) mass is 274 g/mol. The first-order chi connectivity index (χ1) is 8.79. The number of aromatic nitrogens is 2. The lowest BCUT2D eigenvalue weighted by molar-refractivity contribution is -0.176. The zero-order chi connectivity index (χ0) is 14.2. The molecule has 0 amide bonds. The predicted octanol–water partition coefficient (Wildman–Crippen LogP) is 2.45. The Morgan fingerprint density at radius 1 is 1.26 bits per heavy atom. The lowest BCUT2D eigenvalue weighted by Crippen LogP contribution is -2.42. The van der Waals surface area contributed by atoms with Gasteiger partial charge >= 0.3 is 6.18 Å². The normalized spacial score (nSPS) is 20.7. The van der Waals surface area contributed by atoms with Gasteiger partial charge in [-0.1, -0.05) is 0 Å². The van der Waals surface area contributed by atoms with Crippen LogP contribution in [0.1, 0.15) is 24.2 Å². The number of hydrogen-bond acceptors (Lipinski definition) is 4. The molecule has 7 heteroatoms. The Morgan fingerprint density at radius 2 is 1.95 bits per heavy atom. The molecule has 1 aliphatic rings. The van der Waals surface area contributed by atoms with Gasteiger partial charge in [0.15, 0.2) is 0 Å². The summed E-state index contributed by atoms with van der Waals surface area (Å²) < 4.78 is 38.4. The second kappa shape index (κ2) is 4.86. The summed E-state index contributed by atoms with van der Waals surface area (Å²) in [6.45, 7) is 3.94. The summed E-state index contributed by atoms with van der Waals surface area (Å²) in [5.74, 6) is 0.0416. The van der Waals surface area contributed by atoms with E-state index in [2.05, 4.69) is 9.97 Å². The SMILES string of the molecule is Cc1nc(N)c(C)c(N2CCCC(C(F)(F)F)C2)n1. The minimum absolute atomic E-state index is 0.0553. The highest BCUT2D eigenvalue weighted by Gasteiger charge is 2.42. The van der Waals surface area contributed by atoms with Gasteiger partial charge in [0.1, 0.15) is 17.5 Å². The molecular formula is C12H17F3N4. The van der Waals surface area contributed by atoms with Crippen molar-refractivity contribution in [2.45, 2.75) is 32.9 Å². The van der Waals surface area contributed by atoms with Gasteiger partial charge in [0, 0.05) is 18.7 Å². The molecule has 0 radical (unpaired) electrons. The van der Waals surface area contributed by atoms with Crippen molar-refractivity contribution in [1.82, 2.24) is 9.97 Å². The highest BCUT2D eigenvalue weighted by Crippen LogP contribution is 2.35. The zero-order valence-corrected chi connectivity index (χ0v) is 11.0. The third-order valence-corrected chi connectivity index (χ3v) is 3.45. The summed E-state index contributed by atoms with van der Waals surface area (Å²) in [5.41, 5.74) is 6.40. The first-order valence-corrected chi connectivity index (χ1v) is 6.21. The third-order valence-electron chi connectivity index (χ3n) is 3.45. The van der Waals surface area contributed by atoms with E-state index < -0.39 is 12.1 Å². The molecule has 4 nitrogen and oxygen atoms in total. The number of alkyl halides is 3. The Labute approximate surface area is 109 Å². The van der Waals surface area contributed by atoms with Crippen LogP contribution in [0.4, 0.5) is 24.8 Å². The standard InChI is InChI=1S/C12H17F3N4/c1-7-10(16)17-8(2)18-11(7)19-5-3-4-9(6-19)12(13,14)15/h9H,3-6H2,1-2H3,(H2,16,17,18). The summed E-state index contributed by atoms with van der Waals surface area (Å²) in [7, 11) is 0. The van der Waals surface area contributed by atoms with E-state index >= 15 is 0 Å². The van der Waals surface area contributed by atoms with E-state index in [1.54, 1.807) is 18.7 Å². The summed E-state index contributed by atoms with van der Waals surface area (Å²) in [5, 5.41) is 0. The van der Waals surface area contributed by atoms with Crippen LogP contribution in [-0.4, -0.2) is 29.2 Å². The van der Waals surface area contributed by atoms with Crippen molar-refractivity contribution in [3.63, 3.8) is 0 Å². The quantitative estimate of drug-likeness (QED) is 0.854. The fourth-order valence-electron chi connectivity index (χ4n) is 2.38. The van der Waals surface area contributed by atoms with Crippen LogP contribution in [0.5, 0.6) is 0 Å². The number of nitrogens with zero attached hydrogens (tertiary/aromatic N) is 3. The second-order valence-corrected chi connectivity index (χ2v) is 4.93. The molecule has 0 aliphatic carbocycles. The molecule has 1 aliphatic heterocycles. The van der Waals surface area contributed by atoms with Crippen LogP contribution in [0.2, 0.25) is 0 Å². The van der Waals surface area contributed by atoms with Crippen LogP contribution < -0.4 is 10.6 Å². The molecule has 2 N–H and O–H groups in total. The van der Waals surface area contributed by atoms with E-state index in [0.717, 1.165) is 0 Å². The van der Waals surface area contributed by atoms with E-state index in [4.69, 9.17) is 5.73 Å². The first kappa shape index (κ1) is 13.9. The molecular weight excluding hydrogens is 257 g/mol. The molecule has 0 aromatic carbocycles. The summed E-state index contributed by atoms with van der Waals surface area (Å²) in [6.07, 6.45) is -3.47. The number of aryl methyl sites for hydroxylation is 1. The number of piperidine rings is 1. The Kier molecular flexibility index (Phi) is 3.56. The van der Waals surface area contributed by atoms with Crippen LogP contribution in [0.25, 0.3) is 0 Å². The molecule has 106 valence electrons. The number of anilines is 2. The smallest absolute Gasteiger partial charge is 0.383 e. The Morgan fingerprint density at radius 3 is 2.58 bits per heavy atom. The van der Waals surface area contributed by atoms with E-state index in [1.165, 1.54) is 0 Å². The van der Waals surface area contributed by atoms with Gasteiger partial charge in [-0.15, -0.1) is 0 Å². The van der Waals surface area contributed by atoms with Crippen LogP contribution in [-0.2, 0) is 0 Å². The summed E-state index contributed by atoms with van der Waals surface area (Å²) in [4.78, 5) is 9.92. The third kappa shape index (κ3) is 2.90. The van der Waals surface area contributed by atoms with E-state index in [-0.39, 0.29) is 13.0 Å². The van der Waals surface area contributed by atoms with Crippen LogP contribution in [0.15, 0.2) is 0 Å². The lowest BCUT2D eigenvalue weighted by Gasteiger charge is -2.35. The van der Waals surface area contributed by atoms with Crippen molar-refractivity contribution in [3.05, 3.63) is 11.4 Å². The van der Waals surface area contributed by atoms with Crippen molar-refractivity contribution in [2.75, 3.05) is 23.7 Å². The average Bonchev–Trinajstić information content (AvgIpc) is 2.33. The largest absolute Gasteiger partial charge is 0.393 e. The number of nitrogen functional groups attached to an aromatic ring is 1. The van der Waals surface area contributed by atoms with Gasteiger partial charge in [0.2, 0.25) is 0 Å². The minimum atomic E-state index is -4.15. The van der Waals surface area contributed by atoms with E-state index in [0.29, 0.717) is 36.0 Å². The van der Waals surface area contributed by atoms with E-state index in [1.807, 2.05) is 0 Å². The molecule has 1 saturated heterocycles. The molecule has 1 aromatic heterocycles. The number of hydrogen-bond donors (Lipinski definition) is 1. The van der Waals surface area contributed by atoms with Crippen LogP contribution >= 0.6 is 0 Å². The molecule has 1 fully saturated rings. The summed E-state index contributed by atoms with van der Waals surface area (Å²) >= 11 is 0. The molecule has 0 saturated carbocycles. The zero-order valence-electron chi connectivity index (χ0n) is 11.0. The van der Waals surface area contributed by atoms with Gasteiger partial charge in [0.05, 0.1) is 5.92 Å². The molecule has 2 heterocycles. The van der Waals surface area contributed by atoms with Crippen molar-refractivity contribution in [3.8, 4) is 0 Å². The van der Waals surface area contributed by atoms with Gasteiger partial charge in [-0.2, -0.15) is 13.2 Å². The Hall–Kier alpha value is -1.53. The topological polar surface area (TPSA) is 55.0 Å². The van der Waals surface area contributed by atoms with Crippen molar-refractivity contribution in [2.24, 2.45) is 5.92 Å². The minimum Gasteiger partial charge on any atom is -0.383 e. The molecule has 1 atom stereocenters. The molecule has 1 aromatic rings. The van der Waals surface area contributed by atoms with Crippen LogP contribution in [0.3, 0.4) is 0 Å². The van der Waals surface area contributed by atoms with Crippen molar-refractivity contribution in [1.29, 1.82) is 0 Å². The highest BCUT2D eigenvalue weighted by atomic mass is 19.4. The molecule has 19 heavy (non-hydrogen) atoms. The molecule has 2 rings (SSSR count). The molecule has 1 unspecified atom stereocenters. The number of rotatable bonds is 1. The fraction of sp³-hybridized carbons (Fsp3) is 0.667. The highest BCUT2D eigenvalue weighted by molar-refractivity contribution is 5.56. The second-order valence-electron chi connectivity index (χ2n) is 4.93. The maximum Gasteiger partial charge on any atom is 0.393 e. The van der Waals surface area contributed by atoms with Gasteiger partial charge in [-0.25, -0.2) is 9.97 Å². The van der Waals surface area contributed by atoms with Gasteiger partial charge in [-0.05, 0) is 26.7 Å². The maximum atomic E-state index is 12.8. The van der Waals surface area contributed by atoms with E-state index in [9.17, 15) is 13.2 Å². The molecule has 0 spiro atoms. The fourth-order valence-corrected chi connectivity index (χ4v) is 2.38. The Balaban J connectivity index is 2.27. The first-order valence-electron chi connectivity index (χ1n) is 6.21.